The molecule has 0 bridgehead atoms. The number of hydrogen-bond donors (Lipinski definition) is 1. The van der Waals surface area contributed by atoms with Crippen molar-refractivity contribution in [3.63, 3.8) is 0 Å². The molecule has 0 spiro atoms. The van der Waals surface area contributed by atoms with E-state index in [9.17, 15) is 9.90 Å². The molecular formula is C13H21NO4. The summed E-state index contributed by atoms with van der Waals surface area (Å²) >= 11 is 0. The van der Waals surface area contributed by atoms with E-state index in [4.69, 9.17) is 4.42 Å². The topological polar surface area (TPSA) is 62.9 Å². The molecule has 0 aliphatic heterocycles. The fraction of sp³-hybridized carbons (Fsp3) is 0.615. The molecule has 0 aromatic carbocycles. The molecule has 0 atom stereocenters. The van der Waals surface area contributed by atoms with E-state index >= 15 is 0 Å². The standard InChI is InChI=1S/C13H21NO4/c1-5-14(9-13(2,3)16)8-10-6-7-18-11(10)12(15)17-4/h6-7,16H,5,8-9H2,1-4H3. The van der Waals surface area contributed by atoms with Gasteiger partial charge in [-0.25, -0.2) is 4.79 Å². The van der Waals surface area contributed by atoms with Crippen molar-refractivity contribution in [3.05, 3.63) is 23.7 Å². The number of methoxy groups -OCH3 is 1. The zero-order chi connectivity index (χ0) is 13.8. The van der Waals surface area contributed by atoms with E-state index in [0.29, 0.717) is 13.1 Å². The average Bonchev–Trinajstić information content (AvgIpc) is 2.73. The van der Waals surface area contributed by atoms with Crippen molar-refractivity contribution in [2.75, 3.05) is 20.2 Å². The van der Waals surface area contributed by atoms with Gasteiger partial charge in [-0.2, -0.15) is 0 Å². The van der Waals surface area contributed by atoms with E-state index in [0.717, 1.165) is 12.1 Å². The highest BCUT2D eigenvalue weighted by Crippen LogP contribution is 2.16. The maximum absolute atomic E-state index is 11.5. The third-order valence-electron chi connectivity index (χ3n) is 2.57. The molecule has 0 radical (unpaired) electrons. The lowest BCUT2D eigenvalue weighted by atomic mass is 10.1. The van der Waals surface area contributed by atoms with E-state index in [-0.39, 0.29) is 5.76 Å². The van der Waals surface area contributed by atoms with Crippen LogP contribution in [0, 0.1) is 0 Å². The molecule has 0 unspecified atom stereocenters. The van der Waals surface area contributed by atoms with Crippen molar-refractivity contribution < 1.29 is 19.1 Å². The van der Waals surface area contributed by atoms with Crippen LogP contribution in [0.15, 0.2) is 16.7 Å². The fourth-order valence-corrected chi connectivity index (χ4v) is 1.80. The van der Waals surface area contributed by atoms with Gasteiger partial charge in [-0.1, -0.05) is 6.92 Å². The van der Waals surface area contributed by atoms with Crippen LogP contribution in [0.2, 0.25) is 0 Å². The van der Waals surface area contributed by atoms with Gasteiger partial charge in [0.1, 0.15) is 0 Å². The van der Waals surface area contributed by atoms with Gasteiger partial charge in [0.2, 0.25) is 5.76 Å². The van der Waals surface area contributed by atoms with E-state index in [1.807, 2.05) is 11.8 Å². The maximum Gasteiger partial charge on any atom is 0.374 e. The van der Waals surface area contributed by atoms with Crippen LogP contribution in [-0.2, 0) is 11.3 Å². The molecule has 1 N–H and O–H groups in total. The van der Waals surface area contributed by atoms with Crippen LogP contribution in [0.4, 0.5) is 0 Å². The second-order valence-corrected chi connectivity index (χ2v) is 4.88. The first-order valence-corrected chi connectivity index (χ1v) is 5.96. The lowest BCUT2D eigenvalue weighted by Crippen LogP contribution is -2.38. The first kappa shape index (κ1) is 14.7. The number of aliphatic hydroxyl groups is 1. The molecule has 0 amide bonds. The predicted molar refractivity (Wildman–Crippen MR) is 67.3 cm³/mol. The second kappa shape index (κ2) is 6.02. The number of hydrogen-bond acceptors (Lipinski definition) is 5. The summed E-state index contributed by atoms with van der Waals surface area (Å²) in [4.78, 5) is 13.5. The van der Waals surface area contributed by atoms with E-state index in [2.05, 4.69) is 4.74 Å². The lowest BCUT2D eigenvalue weighted by molar-refractivity contribution is 0.0349. The summed E-state index contributed by atoms with van der Waals surface area (Å²) < 4.78 is 9.78. The van der Waals surface area contributed by atoms with Crippen LogP contribution in [0.5, 0.6) is 0 Å². The highest BCUT2D eigenvalue weighted by Gasteiger charge is 2.21. The molecule has 1 heterocycles. The highest BCUT2D eigenvalue weighted by molar-refractivity contribution is 5.87. The molecule has 5 heteroatoms. The molecule has 0 fully saturated rings. The molecule has 1 rings (SSSR count). The zero-order valence-electron chi connectivity index (χ0n) is 11.4. The van der Waals surface area contributed by atoms with E-state index in [1.54, 1.807) is 19.9 Å². The van der Waals surface area contributed by atoms with Gasteiger partial charge >= 0.3 is 5.97 Å². The molecule has 1 aromatic heterocycles. The Bertz CT molecular complexity index is 392. The van der Waals surface area contributed by atoms with Gasteiger partial charge in [0.25, 0.3) is 0 Å². The molecule has 18 heavy (non-hydrogen) atoms. The molecule has 5 nitrogen and oxygen atoms in total. The minimum atomic E-state index is -0.773. The number of rotatable bonds is 6. The van der Waals surface area contributed by atoms with Crippen LogP contribution in [0.25, 0.3) is 0 Å². The SMILES string of the molecule is CCN(Cc1ccoc1C(=O)OC)CC(C)(C)O. The van der Waals surface area contributed by atoms with Crippen LogP contribution in [0.3, 0.4) is 0 Å². The van der Waals surface area contributed by atoms with E-state index < -0.39 is 11.6 Å². The Morgan fingerprint density at radius 2 is 2.22 bits per heavy atom. The summed E-state index contributed by atoms with van der Waals surface area (Å²) in [5.41, 5.74) is -0.00139. The summed E-state index contributed by atoms with van der Waals surface area (Å²) in [5.74, 6) is -0.249. The average molecular weight is 255 g/mol. The summed E-state index contributed by atoms with van der Waals surface area (Å²) in [6.45, 7) is 7.36. The van der Waals surface area contributed by atoms with Gasteiger partial charge in [-0.3, -0.25) is 4.90 Å². The quantitative estimate of drug-likeness (QED) is 0.783. The Morgan fingerprint density at radius 1 is 1.56 bits per heavy atom. The van der Waals surface area contributed by atoms with Crippen LogP contribution in [0.1, 0.15) is 36.9 Å². The predicted octanol–water partition coefficient (Wildman–Crippen LogP) is 1.66. The number of ether oxygens (including phenoxy) is 1. The Hall–Kier alpha value is -1.33. The minimum absolute atomic E-state index is 0.228. The van der Waals surface area contributed by atoms with E-state index in [1.165, 1.54) is 13.4 Å². The molecule has 1 aromatic rings. The van der Waals surface area contributed by atoms with Crippen molar-refractivity contribution in [2.24, 2.45) is 0 Å². The number of esters is 1. The fourth-order valence-electron chi connectivity index (χ4n) is 1.80. The maximum atomic E-state index is 11.5. The third-order valence-corrected chi connectivity index (χ3v) is 2.57. The second-order valence-electron chi connectivity index (χ2n) is 4.88. The van der Waals surface area contributed by atoms with Gasteiger partial charge in [0.05, 0.1) is 19.0 Å². The number of likely N-dealkylation sites (N-methyl/N-ethyl adjacent to an activating group) is 1. The van der Waals surface area contributed by atoms with Crippen molar-refractivity contribution >= 4 is 5.97 Å². The third kappa shape index (κ3) is 4.16. The Labute approximate surface area is 107 Å². The van der Waals surface area contributed by atoms with Crippen molar-refractivity contribution in [2.45, 2.75) is 32.9 Å². The van der Waals surface area contributed by atoms with Crippen molar-refractivity contribution in [3.8, 4) is 0 Å². The first-order valence-electron chi connectivity index (χ1n) is 5.96. The summed E-state index contributed by atoms with van der Waals surface area (Å²) in [5, 5.41) is 9.82. The Kier molecular flexibility index (Phi) is 4.93. The molecule has 102 valence electrons. The zero-order valence-corrected chi connectivity index (χ0v) is 11.4. The monoisotopic (exact) mass is 255 g/mol. The summed E-state index contributed by atoms with van der Waals surface area (Å²) in [7, 11) is 1.32. The molecule has 0 saturated heterocycles. The Morgan fingerprint density at radius 3 is 2.72 bits per heavy atom. The molecule has 0 aliphatic rings. The number of carbonyl (C=O) groups excluding carboxylic acids is 1. The normalized spacial score (nSPS) is 11.9. The molecule has 0 saturated carbocycles. The highest BCUT2D eigenvalue weighted by atomic mass is 16.5. The van der Waals surface area contributed by atoms with Gasteiger partial charge in [0, 0.05) is 18.7 Å². The molecule has 0 aliphatic carbocycles. The van der Waals surface area contributed by atoms with Gasteiger partial charge in [0.15, 0.2) is 0 Å². The number of furan rings is 1. The van der Waals surface area contributed by atoms with Crippen LogP contribution in [-0.4, -0.2) is 41.8 Å². The summed E-state index contributed by atoms with van der Waals surface area (Å²) in [6.07, 6.45) is 1.47. The van der Waals surface area contributed by atoms with Crippen LogP contribution < -0.4 is 0 Å². The van der Waals surface area contributed by atoms with Crippen molar-refractivity contribution in [1.29, 1.82) is 0 Å². The smallest absolute Gasteiger partial charge is 0.374 e. The lowest BCUT2D eigenvalue weighted by Gasteiger charge is -2.27. The molecular weight excluding hydrogens is 234 g/mol. The Balaban J connectivity index is 2.76. The first-order chi connectivity index (χ1) is 8.37. The minimum Gasteiger partial charge on any atom is -0.463 e. The summed E-state index contributed by atoms with van der Waals surface area (Å²) in [6, 6.07) is 1.75. The van der Waals surface area contributed by atoms with Crippen molar-refractivity contribution in [1.82, 2.24) is 4.90 Å². The number of carbonyl (C=O) groups is 1. The van der Waals surface area contributed by atoms with Crippen LogP contribution >= 0.6 is 0 Å². The van der Waals surface area contributed by atoms with Gasteiger partial charge < -0.3 is 14.3 Å². The number of nitrogens with zero attached hydrogens (tertiary/aromatic N) is 1. The van der Waals surface area contributed by atoms with Gasteiger partial charge in [-0.05, 0) is 26.5 Å². The largest absolute Gasteiger partial charge is 0.463 e. The van der Waals surface area contributed by atoms with Gasteiger partial charge in [-0.15, -0.1) is 0 Å².